The van der Waals surface area contributed by atoms with Crippen LogP contribution in [0.1, 0.15) is 36.7 Å². The number of H-pyrrole nitrogens is 1. The summed E-state index contributed by atoms with van der Waals surface area (Å²) in [7, 11) is 0. The van der Waals surface area contributed by atoms with Crippen LogP contribution < -0.4 is 0 Å². The van der Waals surface area contributed by atoms with Crippen LogP contribution in [0.5, 0.6) is 0 Å². The first-order valence-corrected chi connectivity index (χ1v) is 5.51. The third-order valence-electron chi connectivity index (χ3n) is 3.11. The lowest BCUT2D eigenvalue weighted by atomic mass is 9.91. The van der Waals surface area contributed by atoms with Gasteiger partial charge in [-0.05, 0) is 38.2 Å². The Bertz CT molecular complexity index is 409. The molecular weight excluding hydrogens is 208 g/mol. The van der Waals surface area contributed by atoms with Gasteiger partial charge in [-0.15, -0.1) is 0 Å². The molecule has 0 radical (unpaired) electrons. The number of carboxylic acids is 1. The van der Waals surface area contributed by atoms with Crippen molar-refractivity contribution >= 4 is 5.97 Å². The molecule has 3 N–H and O–H groups in total. The lowest BCUT2D eigenvalue weighted by molar-refractivity contribution is -0.156. The molecule has 0 saturated carbocycles. The number of aryl methyl sites for hydroxylation is 1. The van der Waals surface area contributed by atoms with Gasteiger partial charge in [0.2, 0.25) is 0 Å². The van der Waals surface area contributed by atoms with Gasteiger partial charge in [0.25, 0.3) is 0 Å². The van der Waals surface area contributed by atoms with Crippen molar-refractivity contribution in [3.63, 3.8) is 0 Å². The Labute approximate surface area is 93.5 Å². The number of carboxylic acid groups (broad SMARTS) is 1. The summed E-state index contributed by atoms with van der Waals surface area (Å²) >= 11 is 0. The summed E-state index contributed by atoms with van der Waals surface area (Å²) in [6.07, 6.45) is 4.21. The number of fused-ring (bicyclic) bond motifs is 1. The number of aliphatic hydroxyl groups is 1. The van der Waals surface area contributed by atoms with Crippen LogP contribution >= 0.6 is 0 Å². The Kier molecular flexibility index (Phi) is 2.71. The molecule has 2 rings (SSSR count). The van der Waals surface area contributed by atoms with E-state index >= 15 is 0 Å². The van der Waals surface area contributed by atoms with E-state index in [0.29, 0.717) is 5.69 Å². The molecule has 1 aromatic heterocycles. The lowest BCUT2D eigenvalue weighted by Gasteiger charge is -2.18. The van der Waals surface area contributed by atoms with Gasteiger partial charge in [0.1, 0.15) is 0 Å². The predicted molar refractivity (Wildman–Crippen MR) is 57.2 cm³/mol. The second kappa shape index (κ2) is 3.90. The molecule has 0 saturated heterocycles. The Hall–Kier alpha value is -1.36. The Morgan fingerprint density at radius 3 is 2.88 bits per heavy atom. The molecule has 0 amide bonds. The van der Waals surface area contributed by atoms with Crippen molar-refractivity contribution in [2.45, 2.75) is 44.6 Å². The quantitative estimate of drug-likeness (QED) is 0.704. The van der Waals surface area contributed by atoms with Crippen LogP contribution in [0.15, 0.2) is 0 Å². The fraction of sp³-hybridized carbons (Fsp3) is 0.636. The number of aromatic nitrogens is 2. The van der Waals surface area contributed by atoms with Crippen molar-refractivity contribution in [2.24, 2.45) is 0 Å². The molecule has 16 heavy (non-hydrogen) atoms. The van der Waals surface area contributed by atoms with Gasteiger partial charge in [-0.1, -0.05) is 0 Å². The van der Waals surface area contributed by atoms with Crippen LogP contribution in [0.25, 0.3) is 0 Å². The summed E-state index contributed by atoms with van der Waals surface area (Å²) in [6.45, 7) is 1.30. The highest BCUT2D eigenvalue weighted by Crippen LogP contribution is 2.24. The van der Waals surface area contributed by atoms with E-state index in [1.165, 1.54) is 6.92 Å². The average molecular weight is 224 g/mol. The molecule has 0 aromatic carbocycles. The van der Waals surface area contributed by atoms with Gasteiger partial charge in [0.15, 0.2) is 5.60 Å². The maximum absolute atomic E-state index is 10.8. The molecule has 88 valence electrons. The van der Waals surface area contributed by atoms with Crippen LogP contribution in [-0.2, 0) is 24.1 Å². The number of nitrogens with zero attached hydrogens (tertiary/aromatic N) is 1. The summed E-state index contributed by atoms with van der Waals surface area (Å²) < 4.78 is 0. The Balaban J connectivity index is 2.22. The maximum Gasteiger partial charge on any atom is 0.335 e. The van der Waals surface area contributed by atoms with Gasteiger partial charge in [-0.25, -0.2) is 4.79 Å². The number of carbonyl (C=O) groups is 1. The monoisotopic (exact) mass is 224 g/mol. The van der Waals surface area contributed by atoms with Crippen LogP contribution in [0.3, 0.4) is 0 Å². The molecule has 0 spiro atoms. The number of aliphatic carboxylic acids is 1. The van der Waals surface area contributed by atoms with Crippen LogP contribution in [0, 0.1) is 0 Å². The minimum absolute atomic E-state index is 0.0637. The van der Waals surface area contributed by atoms with Crippen molar-refractivity contribution < 1.29 is 15.0 Å². The summed E-state index contributed by atoms with van der Waals surface area (Å²) in [5.74, 6) is -1.21. The van der Waals surface area contributed by atoms with Crippen molar-refractivity contribution in [2.75, 3.05) is 0 Å². The number of hydrogen-bond donors (Lipinski definition) is 3. The molecule has 5 nitrogen and oxygen atoms in total. The van der Waals surface area contributed by atoms with Crippen LogP contribution in [0.2, 0.25) is 0 Å². The molecule has 0 bridgehead atoms. The largest absolute Gasteiger partial charge is 0.479 e. The average Bonchev–Trinajstić information content (AvgIpc) is 2.61. The number of hydrogen-bond acceptors (Lipinski definition) is 3. The zero-order chi connectivity index (χ0) is 11.8. The third kappa shape index (κ3) is 1.95. The number of nitrogens with one attached hydrogen (secondary N) is 1. The fourth-order valence-corrected chi connectivity index (χ4v) is 2.10. The number of aromatic amines is 1. The van der Waals surface area contributed by atoms with E-state index in [2.05, 4.69) is 10.2 Å². The van der Waals surface area contributed by atoms with E-state index < -0.39 is 11.6 Å². The van der Waals surface area contributed by atoms with Gasteiger partial charge in [0, 0.05) is 12.1 Å². The maximum atomic E-state index is 10.8. The summed E-state index contributed by atoms with van der Waals surface area (Å²) in [4.78, 5) is 10.8. The fourth-order valence-electron chi connectivity index (χ4n) is 2.10. The first-order valence-electron chi connectivity index (χ1n) is 5.51. The molecule has 1 heterocycles. The zero-order valence-corrected chi connectivity index (χ0v) is 9.29. The molecule has 1 atom stereocenters. The first-order chi connectivity index (χ1) is 7.50. The molecule has 5 heteroatoms. The molecule has 0 fully saturated rings. The topological polar surface area (TPSA) is 86.2 Å². The third-order valence-corrected chi connectivity index (χ3v) is 3.11. The minimum atomic E-state index is -1.74. The lowest BCUT2D eigenvalue weighted by Crippen LogP contribution is -2.37. The Morgan fingerprint density at radius 2 is 2.19 bits per heavy atom. The van der Waals surface area contributed by atoms with Crippen LogP contribution in [-0.4, -0.2) is 32.0 Å². The molecule has 1 unspecified atom stereocenters. The first kappa shape index (κ1) is 11.1. The molecule has 0 aliphatic heterocycles. The normalized spacial score (nSPS) is 18.9. The highest BCUT2D eigenvalue weighted by atomic mass is 16.4. The second-order valence-electron chi connectivity index (χ2n) is 4.59. The highest BCUT2D eigenvalue weighted by molar-refractivity contribution is 5.76. The minimum Gasteiger partial charge on any atom is -0.479 e. The predicted octanol–water partition coefficient (Wildman–Crippen LogP) is 0.667. The van der Waals surface area contributed by atoms with E-state index in [1.54, 1.807) is 0 Å². The van der Waals surface area contributed by atoms with Gasteiger partial charge in [0.05, 0.1) is 5.69 Å². The summed E-state index contributed by atoms with van der Waals surface area (Å²) in [6, 6.07) is 0. The Morgan fingerprint density at radius 1 is 1.50 bits per heavy atom. The molecule has 1 aromatic rings. The van der Waals surface area contributed by atoms with Crippen molar-refractivity contribution in [1.82, 2.24) is 10.2 Å². The SMILES string of the molecule is CC(O)(Cc1n[nH]c2c1CCCC2)C(=O)O. The zero-order valence-electron chi connectivity index (χ0n) is 9.29. The second-order valence-corrected chi connectivity index (χ2v) is 4.59. The van der Waals surface area contributed by atoms with Gasteiger partial charge < -0.3 is 10.2 Å². The van der Waals surface area contributed by atoms with E-state index in [1.807, 2.05) is 0 Å². The van der Waals surface area contributed by atoms with Crippen molar-refractivity contribution in [1.29, 1.82) is 0 Å². The van der Waals surface area contributed by atoms with Crippen molar-refractivity contribution in [3.05, 3.63) is 17.0 Å². The van der Waals surface area contributed by atoms with E-state index in [-0.39, 0.29) is 6.42 Å². The van der Waals surface area contributed by atoms with Crippen LogP contribution in [0.4, 0.5) is 0 Å². The summed E-state index contributed by atoms with van der Waals surface area (Å²) in [5.41, 5.74) is 1.16. The van der Waals surface area contributed by atoms with E-state index in [4.69, 9.17) is 5.11 Å². The smallest absolute Gasteiger partial charge is 0.335 e. The number of rotatable bonds is 3. The molecule has 1 aliphatic carbocycles. The van der Waals surface area contributed by atoms with Gasteiger partial charge >= 0.3 is 5.97 Å². The van der Waals surface area contributed by atoms with E-state index in [0.717, 1.165) is 36.9 Å². The standard InChI is InChI=1S/C11H16N2O3/c1-11(16,10(14)15)6-9-7-4-2-3-5-8(7)12-13-9/h16H,2-6H2,1H3,(H,12,13)(H,14,15). The molecule has 1 aliphatic rings. The van der Waals surface area contributed by atoms with E-state index in [9.17, 15) is 9.90 Å². The molecular formula is C11H16N2O3. The van der Waals surface area contributed by atoms with Gasteiger partial charge in [-0.2, -0.15) is 5.10 Å². The highest BCUT2D eigenvalue weighted by Gasteiger charge is 2.32. The summed E-state index contributed by atoms with van der Waals surface area (Å²) in [5, 5.41) is 25.6. The van der Waals surface area contributed by atoms with Crippen molar-refractivity contribution in [3.8, 4) is 0 Å². The van der Waals surface area contributed by atoms with Gasteiger partial charge in [-0.3, -0.25) is 5.10 Å².